The van der Waals surface area contributed by atoms with E-state index in [-0.39, 0.29) is 6.04 Å². The number of likely N-dealkylation sites (N-methyl/N-ethyl adjacent to an activating group) is 1. The molecule has 0 saturated carbocycles. The van der Waals surface area contributed by atoms with Crippen LogP contribution in [0.3, 0.4) is 0 Å². The van der Waals surface area contributed by atoms with Gasteiger partial charge in [-0.3, -0.25) is 4.99 Å². The third-order valence-corrected chi connectivity index (χ3v) is 4.75. The van der Waals surface area contributed by atoms with Gasteiger partial charge >= 0.3 is 0 Å². The van der Waals surface area contributed by atoms with Gasteiger partial charge in [0.1, 0.15) is 17.2 Å². The first kappa shape index (κ1) is 22.4. The van der Waals surface area contributed by atoms with Crippen LogP contribution in [0.5, 0.6) is 17.2 Å². The van der Waals surface area contributed by atoms with Gasteiger partial charge in [0.25, 0.3) is 0 Å². The number of benzene rings is 2. The molecule has 0 aliphatic heterocycles. The summed E-state index contributed by atoms with van der Waals surface area (Å²) in [7, 11) is 10.9. The Labute approximate surface area is 173 Å². The molecule has 0 radical (unpaired) electrons. The highest BCUT2D eigenvalue weighted by Crippen LogP contribution is 2.27. The van der Waals surface area contributed by atoms with E-state index in [1.807, 2.05) is 36.4 Å². The predicted octanol–water partition coefficient (Wildman–Crippen LogP) is 2.68. The van der Waals surface area contributed by atoms with E-state index in [0.29, 0.717) is 19.0 Å². The molecule has 0 aliphatic rings. The van der Waals surface area contributed by atoms with Gasteiger partial charge in [-0.2, -0.15) is 0 Å². The molecule has 0 aromatic heterocycles. The van der Waals surface area contributed by atoms with Gasteiger partial charge in [0.15, 0.2) is 5.96 Å². The van der Waals surface area contributed by atoms with Crippen molar-refractivity contribution < 1.29 is 14.2 Å². The normalized spacial score (nSPS) is 12.4. The van der Waals surface area contributed by atoms with Crippen molar-refractivity contribution in [1.82, 2.24) is 15.5 Å². The van der Waals surface area contributed by atoms with Crippen molar-refractivity contribution in [2.24, 2.45) is 4.99 Å². The molecule has 2 N–H and O–H groups in total. The van der Waals surface area contributed by atoms with E-state index in [0.717, 1.165) is 28.4 Å². The Morgan fingerprint density at radius 1 is 0.966 bits per heavy atom. The number of hydrogen-bond donors (Lipinski definition) is 2. The minimum absolute atomic E-state index is 0.125. The van der Waals surface area contributed by atoms with Crippen LogP contribution in [0.25, 0.3) is 0 Å². The Bertz CT molecular complexity index is 808. The van der Waals surface area contributed by atoms with Gasteiger partial charge in [0.2, 0.25) is 0 Å². The van der Waals surface area contributed by atoms with Crippen LogP contribution in [0, 0.1) is 0 Å². The first-order valence-corrected chi connectivity index (χ1v) is 9.48. The third kappa shape index (κ3) is 6.02. The Hall–Kier alpha value is -2.93. The van der Waals surface area contributed by atoms with E-state index in [1.54, 1.807) is 28.4 Å². The summed E-state index contributed by atoms with van der Waals surface area (Å²) in [5, 5.41) is 6.75. The van der Waals surface area contributed by atoms with Crippen molar-refractivity contribution in [3.8, 4) is 17.2 Å². The van der Waals surface area contributed by atoms with Crippen molar-refractivity contribution in [2.45, 2.75) is 12.6 Å². The second-order valence-corrected chi connectivity index (χ2v) is 6.71. The smallest absolute Gasteiger partial charge is 0.191 e. The average molecular weight is 401 g/mol. The van der Waals surface area contributed by atoms with Gasteiger partial charge in [-0.05, 0) is 32.3 Å². The van der Waals surface area contributed by atoms with Gasteiger partial charge in [0, 0.05) is 37.3 Å². The van der Waals surface area contributed by atoms with Crippen molar-refractivity contribution in [2.75, 3.05) is 49.0 Å². The molecule has 2 aromatic rings. The zero-order chi connectivity index (χ0) is 21.2. The molecule has 7 nitrogen and oxygen atoms in total. The Morgan fingerprint density at radius 2 is 1.69 bits per heavy atom. The summed E-state index contributed by atoms with van der Waals surface area (Å²) in [4.78, 5) is 6.50. The van der Waals surface area contributed by atoms with E-state index in [4.69, 9.17) is 14.2 Å². The predicted molar refractivity (Wildman–Crippen MR) is 117 cm³/mol. The second kappa shape index (κ2) is 11.2. The summed E-state index contributed by atoms with van der Waals surface area (Å²) in [5.74, 6) is 3.12. The van der Waals surface area contributed by atoms with Gasteiger partial charge in [-0.1, -0.05) is 18.2 Å². The number of rotatable bonds is 9. The lowest BCUT2D eigenvalue weighted by molar-refractivity contribution is 0.287. The zero-order valence-electron chi connectivity index (χ0n) is 18.2. The van der Waals surface area contributed by atoms with Crippen LogP contribution in [-0.2, 0) is 6.54 Å². The number of ether oxygens (including phenoxy) is 3. The van der Waals surface area contributed by atoms with Gasteiger partial charge < -0.3 is 29.7 Å². The number of para-hydroxylation sites is 1. The first-order chi connectivity index (χ1) is 14.0. The minimum Gasteiger partial charge on any atom is -0.497 e. The molecule has 0 spiro atoms. The second-order valence-electron chi connectivity index (χ2n) is 6.71. The van der Waals surface area contributed by atoms with Crippen LogP contribution in [0.1, 0.15) is 17.2 Å². The SMILES string of the molecule is CN=C(NCc1ccc(OC)cc1OC)NCC(c1ccccc1OC)N(C)C. The largest absolute Gasteiger partial charge is 0.497 e. The lowest BCUT2D eigenvalue weighted by Gasteiger charge is -2.27. The molecule has 1 unspecified atom stereocenters. The van der Waals surface area contributed by atoms with Crippen LogP contribution < -0.4 is 24.8 Å². The number of nitrogens with one attached hydrogen (secondary N) is 2. The number of guanidine groups is 1. The van der Waals surface area contributed by atoms with Crippen molar-refractivity contribution in [1.29, 1.82) is 0 Å². The molecular formula is C22H32N4O3. The fourth-order valence-electron chi connectivity index (χ4n) is 3.10. The highest BCUT2D eigenvalue weighted by Gasteiger charge is 2.18. The molecule has 0 saturated heterocycles. The Morgan fingerprint density at radius 3 is 2.31 bits per heavy atom. The molecule has 1 atom stereocenters. The highest BCUT2D eigenvalue weighted by atomic mass is 16.5. The van der Waals surface area contributed by atoms with Crippen LogP contribution in [0.15, 0.2) is 47.5 Å². The fourth-order valence-corrected chi connectivity index (χ4v) is 3.10. The summed E-state index contributed by atoms with van der Waals surface area (Å²) in [6.07, 6.45) is 0. The highest BCUT2D eigenvalue weighted by molar-refractivity contribution is 5.79. The van der Waals surface area contributed by atoms with Crippen molar-refractivity contribution in [3.63, 3.8) is 0 Å². The molecule has 0 heterocycles. The summed E-state index contributed by atoms with van der Waals surface area (Å²) >= 11 is 0. The molecule has 2 rings (SSSR count). The average Bonchev–Trinajstić information content (AvgIpc) is 2.75. The molecule has 0 fully saturated rings. The van der Waals surface area contributed by atoms with Crippen molar-refractivity contribution >= 4 is 5.96 Å². The standard InChI is InChI=1S/C22H32N4O3/c1-23-22(24-14-16-11-12-17(27-4)13-21(16)29-6)25-15-19(26(2)3)18-9-7-8-10-20(18)28-5/h7-13,19H,14-15H2,1-6H3,(H2,23,24,25). The number of aliphatic imine (C=N–C) groups is 1. The molecule has 158 valence electrons. The molecular weight excluding hydrogens is 368 g/mol. The first-order valence-electron chi connectivity index (χ1n) is 9.48. The van der Waals surface area contributed by atoms with Gasteiger partial charge in [-0.25, -0.2) is 0 Å². The van der Waals surface area contributed by atoms with Gasteiger partial charge in [0.05, 0.1) is 27.4 Å². The lowest BCUT2D eigenvalue weighted by atomic mass is 10.0. The molecule has 0 bridgehead atoms. The summed E-state index contributed by atoms with van der Waals surface area (Å²) in [6.45, 7) is 1.25. The number of nitrogens with zero attached hydrogens (tertiary/aromatic N) is 2. The maximum absolute atomic E-state index is 5.53. The zero-order valence-corrected chi connectivity index (χ0v) is 18.2. The molecule has 7 heteroatoms. The van der Waals surface area contributed by atoms with E-state index in [9.17, 15) is 0 Å². The number of methoxy groups -OCH3 is 3. The maximum Gasteiger partial charge on any atom is 0.191 e. The maximum atomic E-state index is 5.53. The van der Waals surface area contributed by atoms with Crippen molar-refractivity contribution in [3.05, 3.63) is 53.6 Å². The Kier molecular flexibility index (Phi) is 8.61. The van der Waals surface area contributed by atoms with Crippen LogP contribution in [0.2, 0.25) is 0 Å². The van der Waals surface area contributed by atoms with E-state index < -0.39 is 0 Å². The van der Waals surface area contributed by atoms with E-state index >= 15 is 0 Å². The summed E-state index contributed by atoms with van der Waals surface area (Å²) in [5.41, 5.74) is 2.14. The van der Waals surface area contributed by atoms with E-state index in [2.05, 4.69) is 40.7 Å². The van der Waals surface area contributed by atoms with Crippen LogP contribution in [-0.4, -0.2) is 59.9 Å². The minimum atomic E-state index is 0.125. The Balaban J connectivity index is 2.04. The lowest BCUT2D eigenvalue weighted by Crippen LogP contribution is -2.41. The molecule has 2 aromatic carbocycles. The topological polar surface area (TPSA) is 67.4 Å². The quantitative estimate of drug-likeness (QED) is 0.498. The summed E-state index contributed by atoms with van der Waals surface area (Å²) < 4.78 is 16.3. The fraction of sp³-hybridized carbons (Fsp3) is 0.409. The summed E-state index contributed by atoms with van der Waals surface area (Å²) in [6, 6.07) is 14.0. The molecule has 29 heavy (non-hydrogen) atoms. The monoisotopic (exact) mass is 400 g/mol. The molecule has 0 aliphatic carbocycles. The van der Waals surface area contributed by atoms with E-state index in [1.165, 1.54) is 0 Å². The number of hydrogen-bond acceptors (Lipinski definition) is 5. The van der Waals surface area contributed by atoms with Crippen LogP contribution >= 0.6 is 0 Å². The third-order valence-electron chi connectivity index (χ3n) is 4.75. The van der Waals surface area contributed by atoms with Crippen LogP contribution in [0.4, 0.5) is 0 Å². The van der Waals surface area contributed by atoms with Gasteiger partial charge in [-0.15, -0.1) is 0 Å². The molecule has 0 amide bonds.